The number of allylic oxidation sites excluding steroid dienone is 8. The summed E-state index contributed by atoms with van der Waals surface area (Å²) in [5, 5.41) is 44.5. The molecule has 0 saturated heterocycles. The van der Waals surface area contributed by atoms with E-state index in [1.807, 2.05) is 13.8 Å². The van der Waals surface area contributed by atoms with Gasteiger partial charge in [0.25, 0.3) is 11.8 Å². The molecule has 5 atom stereocenters. The van der Waals surface area contributed by atoms with Crippen molar-refractivity contribution in [2.75, 3.05) is 20.6 Å². The first-order valence-corrected chi connectivity index (χ1v) is 24.1. The zero-order valence-corrected chi connectivity index (χ0v) is 41.8. The Morgan fingerprint density at radius 3 is 1.81 bits per heavy atom. The molecule has 0 bridgehead atoms. The Hall–Kier alpha value is -5.60. The van der Waals surface area contributed by atoms with Crippen molar-refractivity contribution in [1.29, 1.82) is 0 Å². The van der Waals surface area contributed by atoms with Crippen LogP contribution in [0, 0.1) is 0 Å². The van der Waals surface area contributed by atoms with E-state index >= 15 is 0 Å². The van der Waals surface area contributed by atoms with Crippen LogP contribution in [-0.2, 0) is 30.7 Å². The molecule has 0 saturated carbocycles. The van der Waals surface area contributed by atoms with Crippen LogP contribution in [0.5, 0.6) is 23.0 Å². The van der Waals surface area contributed by atoms with Crippen LogP contribution in [0.15, 0.2) is 58.7 Å². The number of aliphatic hydroxyl groups is 2. The number of carbonyl (C=O) groups is 4. The number of ether oxygens (including phenoxy) is 3. The van der Waals surface area contributed by atoms with Crippen molar-refractivity contribution < 1.29 is 53.8 Å². The van der Waals surface area contributed by atoms with Gasteiger partial charge in [-0.2, -0.15) is 0 Å². The first kappa shape index (κ1) is 51.8. The van der Waals surface area contributed by atoms with E-state index in [4.69, 9.17) is 14.2 Å². The maximum atomic E-state index is 14.3. The number of nitrogens with zero attached hydrogens (tertiary/aromatic N) is 3. The maximum absolute atomic E-state index is 14.3. The summed E-state index contributed by atoms with van der Waals surface area (Å²) in [6, 6.07) is 1.60. The summed E-state index contributed by atoms with van der Waals surface area (Å²) in [4.78, 5) is 58.2. The highest BCUT2D eigenvalue weighted by Crippen LogP contribution is 2.49. The van der Waals surface area contributed by atoms with Crippen molar-refractivity contribution in [2.24, 2.45) is 0 Å². The molecule has 0 spiro atoms. The largest absolute Gasteiger partial charge is 0.508 e. The third kappa shape index (κ3) is 11.5. The van der Waals surface area contributed by atoms with Crippen LogP contribution < -0.4 is 14.2 Å². The summed E-state index contributed by atoms with van der Waals surface area (Å²) in [7, 11) is 3.06. The molecule has 4 heterocycles. The van der Waals surface area contributed by atoms with Gasteiger partial charge in [0.2, 0.25) is 0 Å². The summed E-state index contributed by atoms with van der Waals surface area (Å²) in [5.41, 5.74) is 5.41. The summed E-state index contributed by atoms with van der Waals surface area (Å²) < 4.78 is 19.0. The second-order valence-corrected chi connectivity index (χ2v) is 20.4. The minimum atomic E-state index is -1.27. The topological polar surface area (TPSA) is 187 Å². The number of aromatic hydroxyl groups is 1. The van der Waals surface area contributed by atoms with E-state index in [1.165, 1.54) is 58.3 Å². The number of aliphatic hydroxyl groups excluding tert-OH is 2. The Morgan fingerprint density at radius 2 is 1.28 bits per heavy atom. The Balaban J connectivity index is 1.16. The van der Waals surface area contributed by atoms with Crippen LogP contribution in [-0.4, -0.2) is 109 Å². The van der Waals surface area contributed by atoms with Gasteiger partial charge in [0.15, 0.2) is 0 Å². The van der Waals surface area contributed by atoms with Crippen molar-refractivity contribution in [3.8, 4) is 23.0 Å². The van der Waals surface area contributed by atoms with Crippen molar-refractivity contribution in [3.05, 3.63) is 92.1 Å². The highest BCUT2D eigenvalue weighted by molar-refractivity contribution is 6.02. The fourth-order valence-electron chi connectivity index (χ4n) is 9.66. The van der Waals surface area contributed by atoms with Crippen molar-refractivity contribution in [3.63, 3.8) is 0 Å². The van der Waals surface area contributed by atoms with E-state index < -0.39 is 47.4 Å². The highest BCUT2D eigenvalue weighted by Gasteiger charge is 2.47. The minimum absolute atomic E-state index is 0.0157. The molecular weight excluding hydrogens is 867 g/mol. The second kappa shape index (κ2) is 21.4. The highest BCUT2D eigenvalue weighted by atomic mass is 16.6. The normalized spacial score (nSPS) is 22.4. The SMILES string of the molecule is CC(C)=CCC/C(C)=C/CC[C@@]1(C)Oc2c(c(O)cc3c2CN(CCC[C@@H](C(=O)O)N2Cc4c(cc(OC(=O)N(C)C)c5c4O[C@](C)(CC/C=C(\C)CCC=C(C)C)[C@@H](O)C5)C2=O)C3=O)C[C@@H]1O. The molecule has 0 aliphatic carbocycles. The number of benzene rings is 2. The average molecular weight is 940 g/mol. The van der Waals surface area contributed by atoms with Crippen LogP contribution in [0.1, 0.15) is 163 Å². The van der Waals surface area contributed by atoms with Crippen LogP contribution in [0.2, 0.25) is 0 Å². The lowest BCUT2D eigenvalue weighted by molar-refractivity contribution is -0.142. The van der Waals surface area contributed by atoms with Crippen LogP contribution >= 0.6 is 0 Å². The third-order valence-corrected chi connectivity index (χ3v) is 14.1. The molecule has 6 rings (SSSR count). The average Bonchev–Trinajstić information content (AvgIpc) is 3.75. The molecule has 68 heavy (non-hydrogen) atoms. The van der Waals surface area contributed by atoms with Crippen LogP contribution in [0.25, 0.3) is 0 Å². The number of phenolic OH excluding ortho intramolecular Hbond substituents is 1. The summed E-state index contributed by atoms with van der Waals surface area (Å²) in [6.07, 6.45) is 12.7. The second-order valence-electron chi connectivity index (χ2n) is 20.4. The fraction of sp³-hybridized carbons (Fsp3) is 0.556. The van der Waals surface area contributed by atoms with Gasteiger partial charge in [-0.15, -0.1) is 0 Å². The molecule has 2 aromatic carbocycles. The first-order chi connectivity index (χ1) is 32.0. The smallest absolute Gasteiger partial charge is 0.414 e. The summed E-state index contributed by atoms with van der Waals surface area (Å²) in [6.45, 7) is 16.4. The van der Waals surface area contributed by atoms with Crippen LogP contribution in [0.4, 0.5) is 4.79 Å². The van der Waals surface area contributed by atoms with Gasteiger partial charge in [-0.05, 0) is 132 Å². The molecule has 4 N–H and O–H groups in total. The monoisotopic (exact) mass is 940 g/mol. The number of carboxylic acid groups (broad SMARTS) is 1. The number of rotatable bonds is 19. The maximum Gasteiger partial charge on any atom is 0.414 e. The lowest BCUT2D eigenvalue weighted by atomic mass is 9.84. The van der Waals surface area contributed by atoms with Gasteiger partial charge in [-0.25, -0.2) is 9.59 Å². The summed E-state index contributed by atoms with van der Waals surface area (Å²) >= 11 is 0. The standard InChI is InChI=1S/C54H73N3O11/c1-32(2)16-11-18-34(5)20-13-23-53(7)45(59)28-38-43(58)26-36-40(47(38)67-53)30-56(49(36)61)25-15-22-42(51(63)64)57-31-41-37(50(57)62)27-44(66-52(65)55(9)10)39-29-46(60)54(8,68-48(39)41)24-14-21-35(6)19-12-17-33(3)4/h16-17,20-21,26-27,42,45-46,58-60H,11-15,18-19,22-25,28-31H2,1-10H3,(H,63,64)/b34-20+,35-21+/t42-,45-,46-,53+,54+/m0/s1. The van der Waals surface area contributed by atoms with Gasteiger partial charge < -0.3 is 49.3 Å². The molecule has 2 aromatic rings. The lowest BCUT2D eigenvalue weighted by Crippen LogP contribution is -2.49. The quantitative estimate of drug-likeness (QED) is 0.0984. The van der Waals surface area contributed by atoms with Crippen molar-refractivity contribution in [1.82, 2.24) is 14.7 Å². The Bertz CT molecular complexity index is 2410. The van der Waals surface area contributed by atoms with E-state index in [-0.39, 0.29) is 68.3 Å². The lowest BCUT2D eigenvalue weighted by Gasteiger charge is -2.41. The number of hydrogen-bond acceptors (Lipinski definition) is 10. The van der Waals surface area contributed by atoms with E-state index in [0.29, 0.717) is 65.0 Å². The molecule has 0 fully saturated rings. The van der Waals surface area contributed by atoms with Gasteiger partial charge in [0.1, 0.15) is 40.2 Å². The number of amides is 3. The number of aliphatic carboxylic acids is 1. The Kier molecular flexibility index (Phi) is 16.3. The Morgan fingerprint density at radius 1 is 0.765 bits per heavy atom. The van der Waals surface area contributed by atoms with Gasteiger partial charge in [0.05, 0.1) is 36.4 Å². The fourth-order valence-corrected chi connectivity index (χ4v) is 9.66. The molecule has 0 aromatic heterocycles. The molecule has 0 unspecified atom stereocenters. The number of phenols is 1. The molecule has 4 aliphatic heterocycles. The predicted molar refractivity (Wildman–Crippen MR) is 260 cm³/mol. The number of carbonyl (C=O) groups excluding carboxylic acids is 3. The number of hydrogen-bond donors (Lipinski definition) is 4. The molecule has 14 nitrogen and oxygen atoms in total. The molecular formula is C54H73N3O11. The molecule has 370 valence electrons. The third-order valence-electron chi connectivity index (χ3n) is 14.1. The van der Waals surface area contributed by atoms with E-state index in [9.17, 15) is 39.6 Å². The predicted octanol–water partition coefficient (Wildman–Crippen LogP) is 9.35. The molecule has 14 heteroatoms. The Labute approximate surface area is 401 Å². The van der Waals surface area contributed by atoms with E-state index in [0.717, 1.165) is 25.7 Å². The van der Waals surface area contributed by atoms with Gasteiger partial charge >= 0.3 is 12.1 Å². The van der Waals surface area contributed by atoms with Crippen LogP contribution in [0.3, 0.4) is 0 Å². The molecule has 3 amide bonds. The van der Waals surface area contributed by atoms with Gasteiger partial charge in [-0.3, -0.25) is 9.59 Å². The first-order valence-electron chi connectivity index (χ1n) is 24.1. The minimum Gasteiger partial charge on any atom is -0.508 e. The van der Waals surface area contributed by atoms with Gasteiger partial charge in [-0.1, -0.05) is 46.6 Å². The zero-order chi connectivity index (χ0) is 49.8. The van der Waals surface area contributed by atoms with Crippen molar-refractivity contribution >= 4 is 23.9 Å². The summed E-state index contributed by atoms with van der Waals surface area (Å²) in [5.74, 6) is -1.46. The molecule has 4 aliphatic rings. The number of carboxylic acids is 1. The van der Waals surface area contributed by atoms with Gasteiger partial charge in [0, 0.05) is 55.7 Å². The van der Waals surface area contributed by atoms with Crippen molar-refractivity contribution in [2.45, 2.75) is 175 Å². The number of fused-ring (bicyclic) bond motifs is 6. The van der Waals surface area contributed by atoms with E-state index in [2.05, 4.69) is 65.8 Å². The zero-order valence-electron chi connectivity index (χ0n) is 41.8. The molecule has 0 radical (unpaired) electrons. The van der Waals surface area contributed by atoms with E-state index in [1.54, 1.807) is 4.90 Å².